The minimum Gasteiger partial charge on any atom is -0.493 e. The van der Waals surface area contributed by atoms with Crippen molar-refractivity contribution in [2.24, 2.45) is 0 Å². The van der Waals surface area contributed by atoms with E-state index in [-0.39, 0.29) is 5.91 Å². The van der Waals surface area contributed by atoms with Crippen molar-refractivity contribution in [1.29, 1.82) is 0 Å². The van der Waals surface area contributed by atoms with Gasteiger partial charge in [-0.25, -0.2) is 0 Å². The number of methoxy groups -OCH3 is 2. The van der Waals surface area contributed by atoms with Gasteiger partial charge in [-0.3, -0.25) is 4.79 Å². The summed E-state index contributed by atoms with van der Waals surface area (Å²) in [7, 11) is 3.13. The van der Waals surface area contributed by atoms with Gasteiger partial charge in [-0.15, -0.1) is 0 Å². The molecule has 3 rings (SSSR count). The zero-order chi connectivity index (χ0) is 17.6. The summed E-state index contributed by atoms with van der Waals surface area (Å²) in [5.41, 5.74) is 3.02. The number of rotatable bonds is 6. The first kappa shape index (κ1) is 17.1. The summed E-state index contributed by atoms with van der Waals surface area (Å²) >= 11 is 0. The molecule has 5 heteroatoms. The number of aryl methyl sites for hydroxylation is 1. The molecule has 25 heavy (non-hydrogen) atoms. The number of benzene rings is 2. The molecule has 1 aliphatic heterocycles. The molecule has 5 nitrogen and oxygen atoms in total. The van der Waals surface area contributed by atoms with Crippen molar-refractivity contribution in [2.45, 2.75) is 19.3 Å². The van der Waals surface area contributed by atoms with Gasteiger partial charge in [-0.2, -0.15) is 0 Å². The lowest BCUT2D eigenvalue weighted by Crippen LogP contribution is -2.25. The van der Waals surface area contributed by atoms with E-state index in [0.29, 0.717) is 23.6 Å². The van der Waals surface area contributed by atoms with E-state index in [2.05, 4.69) is 17.4 Å². The van der Waals surface area contributed by atoms with E-state index >= 15 is 0 Å². The molecule has 0 fully saturated rings. The van der Waals surface area contributed by atoms with Crippen molar-refractivity contribution in [3.63, 3.8) is 0 Å². The molecule has 2 aromatic rings. The Labute approximate surface area is 147 Å². The van der Waals surface area contributed by atoms with E-state index in [0.717, 1.165) is 31.6 Å². The highest BCUT2D eigenvalue weighted by Gasteiger charge is 2.12. The number of fused-ring (bicyclic) bond motifs is 1. The molecule has 0 aliphatic carbocycles. The highest BCUT2D eigenvalue weighted by atomic mass is 16.5. The van der Waals surface area contributed by atoms with Crippen LogP contribution in [-0.2, 0) is 12.8 Å². The van der Waals surface area contributed by atoms with Crippen LogP contribution in [0.1, 0.15) is 27.9 Å². The fourth-order valence-corrected chi connectivity index (χ4v) is 2.97. The van der Waals surface area contributed by atoms with Crippen molar-refractivity contribution < 1.29 is 19.0 Å². The van der Waals surface area contributed by atoms with Crippen LogP contribution in [0.15, 0.2) is 36.4 Å². The van der Waals surface area contributed by atoms with E-state index in [1.807, 2.05) is 6.07 Å². The Hall–Kier alpha value is -2.69. The monoisotopic (exact) mass is 341 g/mol. The van der Waals surface area contributed by atoms with Crippen LogP contribution < -0.4 is 19.5 Å². The molecule has 0 bridgehead atoms. The van der Waals surface area contributed by atoms with E-state index in [1.165, 1.54) is 11.1 Å². The number of amides is 1. The van der Waals surface area contributed by atoms with Gasteiger partial charge < -0.3 is 19.5 Å². The minimum absolute atomic E-state index is 0.123. The third-order valence-corrected chi connectivity index (χ3v) is 4.32. The molecule has 0 atom stereocenters. The Morgan fingerprint density at radius 3 is 2.76 bits per heavy atom. The number of carbonyl (C=O) groups excluding carboxylic acids is 1. The summed E-state index contributed by atoms with van der Waals surface area (Å²) < 4.78 is 16.1. The molecule has 0 spiro atoms. The molecule has 132 valence electrons. The molecule has 0 saturated heterocycles. The summed E-state index contributed by atoms with van der Waals surface area (Å²) in [5.74, 6) is 2.02. The van der Waals surface area contributed by atoms with Gasteiger partial charge >= 0.3 is 0 Å². The second-order valence-corrected chi connectivity index (χ2v) is 5.97. The van der Waals surface area contributed by atoms with Gasteiger partial charge in [0.2, 0.25) is 0 Å². The second-order valence-electron chi connectivity index (χ2n) is 5.97. The average molecular weight is 341 g/mol. The Bertz CT molecular complexity index is 757. The number of carbonyl (C=O) groups is 1. The topological polar surface area (TPSA) is 56.8 Å². The smallest absolute Gasteiger partial charge is 0.251 e. The van der Waals surface area contributed by atoms with E-state index in [1.54, 1.807) is 32.4 Å². The van der Waals surface area contributed by atoms with Crippen molar-refractivity contribution in [3.05, 3.63) is 53.1 Å². The highest BCUT2D eigenvalue weighted by Crippen LogP contribution is 2.27. The minimum atomic E-state index is -0.123. The van der Waals surface area contributed by atoms with Crippen molar-refractivity contribution in [1.82, 2.24) is 5.32 Å². The van der Waals surface area contributed by atoms with Crippen molar-refractivity contribution in [2.75, 3.05) is 27.4 Å². The summed E-state index contributed by atoms with van der Waals surface area (Å²) in [6.45, 7) is 1.38. The van der Waals surface area contributed by atoms with E-state index < -0.39 is 0 Å². The molecule has 1 amide bonds. The van der Waals surface area contributed by atoms with Crippen molar-refractivity contribution in [3.8, 4) is 17.2 Å². The first-order valence-corrected chi connectivity index (χ1v) is 8.46. The van der Waals surface area contributed by atoms with Crippen LogP contribution in [0.25, 0.3) is 0 Å². The maximum absolute atomic E-state index is 12.3. The van der Waals surface area contributed by atoms with Crippen molar-refractivity contribution >= 4 is 5.91 Å². The molecule has 1 aliphatic rings. The fraction of sp³-hybridized carbons (Fsp3) is 0.350. The first-order valence-electron chi connectivity index (χ1n) is 8.46. The van der Waals surface area contributed by atoms with E-state index in [4.69, 9.17) is 14.2 Å². The quantitative estimate of drug-likeness (QED) is 0.877. The SMILES string of the molecule is COc1ccc(C(=O)NCCc2ccc3c(c2)CCCO3)cc1OC. The molecule has 2 aromatic carbocycles. The van der Waals surface area contributed by atoms with E-state index in [9.17, 15) is 4.79 Å². The Balaban J connectivity index is 1.57. The lowest BCUT2D eigenvalue weighted by Gasteiger charge is -2.18. The number of hydrogen-bond donors (Lipinski definition) is 1. The van der Waals surface area contributed by atoms with Gasteiger partial charge in [0.25, 0.3) is 5.91 Å². The van der Waals surface area contributed by atoms with Crippen LogP contribution in [0, 0.1) is 0 Å². The van der Waals surface area contributed by atoms with Crippen LogP contribution in [-0.4, -0.2) is 33.3 Å². The maximum Gasteiger partial charge on any atom is 0.251 e. The zero-order valence-corrected chi connectivity index (χ0v) is 14.6. The lowest BCUT2D eigenvalue weighted by molar-refractivity contribution is 0.0953. The average Bonchev–Trinajstić information content (AvgIpc) is 2.67. The maximum atomic E-state index is 12.3. The molecule has 1 heterocycles. The Morgan fingerprint density at radius 2 is 1.96 bits per heavy atom. The zero-order valence-electron chi connectivity index (χ0n) is 14.6. The normalized spacial score (nSPS) is 12.7. The van der Waals surface area contributed by atoms with Crippen LogP contribution in [0.3, 0.4) is 0 Å². The third kappa shape index (κ3) is 4.05. The summed E-state index contributed by atoms with van der Waals surface area (Å²) in [4.78, 5) is 12.3. The van der Waals surface area contributed by atoms with Gasteiger partial charge in [-0.1, -0.05) is 12.1 Å². The number of nitrogens with one attached hydrogen (secondary N) is 1. The number of ether oxygens (including phenoxy) is 3. The summed E-state index contributed by atoms with van der Waals surface area (Å²) in [5, 5.41) is 2.95. The van der Waals surface area contributed by atoms with Crippen LogP contribution in [0.4, 0.5) is 0 Å². The van der Waals surface area contributed by atoms with Crippen LogP contribution in [0.2, 0.25) is 0 Å². The molecule has 1 N–H and O–H groups in total. The molecular formula is C20H23NO4. The Kier molecular flexibility index (Phi) is 5.43. The Morgan fingerprint density at radius 1 is 1.12 bits per heavy atom. The summed E-state index contributed by atoms with van der Waals surface area (Å²) in [6, 6.07) is 11.4. The second kappa shape index (κ2) is 7.92. The lowest BCUT2D eigenvalue weighted by atomic mass is 10.0. The largest absolute Gasteiger partial charge is 0.493 e. The molecular weight excluding hydrogens is 318 g/mol. The summed E-state index contributed by atoms with van der Waals surface area (Å²) in [6.07, 6.45) is 2.90. The molecule has 0 unspecified atom stereocenters. The predicted octanol–water partition coefficient (Wildman–Crippen LogP) is 3.00. The number of hydrogen-bond acceptors (Lipinski definition) is 4. The van der Waals surface area contributed by atoms with Gasteiger partial charge in [0, 0.05) is 12.1 Å². The highest BCUT2D eigenvalue weighted by molar-refractivity contribution is 5.94. The van der Waals surface area contributed by atoms with Crippen LogP contribution in [0.5, 0.6) is 17.2 Å². The first-order chi connectivity index (χ1) is 12.2. The van der Waals surface area contributed by atoms with Crippen LogP contribution >= 0.6 is 0 Å². The van der Waals surface area contributed by atoms with Gasteiger partial charge in [0.1, 0.15) is 5.75 Å². The predicted molar refractivity (Wildman–Crippen MR) is 95.8 cm³/mol. The standard InChI is InChI=1S/C20H23NO4/c1-23-18-8-6-16(13-19(18)24-2)20(22)21-10-9-14-5-7-17-15(12-14)4-3-11-25-17/h5-8,12-13H,3-4,9-11H2,1-2H3,(H,21,22). The van der Waals surface area contributed by atoms with Gasteiger partial charge in [0.15, 0.2) is 11.5 Å². The fourth-order valence-electron chi connectivity index (χ4n) is 2.97. The van der Waals surface area contributed by atoms with Gasteiger partial charge in [0.05, 0.1) is 20.8 Å². The third-order valence-electron chi connectivity index (χ3n) is 4.32. The molecule has 0 saturated carbocycles. The van der Waals surface area contributed by atoms with Gasteiger partial charge in [-0.05, 0) is 54.7 Å². The molecule has 0 aromatic heterocycles. The molecule has 0 radical (unpaired) electrons.